The number of hydrogen-bond acceptors (Lipinski definition) is 3. The highest BCUT2D eigenvalue weighted by Crippen LogP contribution is 2.44. The Morgan fingerprint density at radius 1 is 1.35 bits per heavy atom. The molecule has 1 aromatic carbocycles. The molecule has 2 atom stereocenters. The van der Waals surface area contributed by atoms with Gasteiger partial charge in [-0.3, -0.25) is 9.59 Å². The highest BCUT2D eigenvalue weighted by Gasteiger charge is 2.47. The SMILES string of the molecule is CCOc1c(F)cccc1C(=O)N1C[C@H](C(=O)O)[C@@H](C2CC2)C1. The summed E-state index contributed by atoms with van der Waals surface area (Å²) in [5.41, 5.74) is 0.160. The summed E-state index contributed by atoms with van der Waals surface area (Å²) < 4.78 is 19.2. The molecule has 5 nitrogen and oxygen atoms in total. The van der Waals surface area contributed by atoms with Crippen molar-refractivity contribution in [1.82, 2.24) is 4.90 Å². The molecule has 1 saturated heterocycles. The van der Waals surface area contributed by atoms with Crippen molar-refractivity contribution in [3.05, 3.63) is 29.6 Å². The number of carboxylic acid groups (broad SMARTS) is 1. The molecule has 1 aromatic rings. The van der Waals surface area contributed by atoms with Gasteiger partial charge < -0.3 is 14.7 Å². The third-order valence-electron chi connectivity index (χ3n) is 4.68. The molecule has 124 valence electrons. The first-order valence-electron chi connectivity index (χ1n) is 7.96. The van der Waals surface area contributed by atoms with Gasteiger partial charge in [-0.1, -0.05) is 6.07 Å². The molecule has 0 radical (unpaired) electrons. The number of aliphatic carboxylic acids is 1. The molecule has 0 aromatic heterocycles. The normalized spacial score (nSPS) is 23.8. The third kappa shape index (κ3) is 3.02. The fraction of sp³-hybridized carbons (Fsp3) is 0.529. The molecule has 6 heteroatoms. The minimum Gasteiger partial charge on any atom is -0.490 e. The Balaban J connectivity index is 1.84. The average Bonchev–Trinajstić information content (AvgIpc) is 3.27. The second-order valence-electron chi connectivity index (χ2n) is 6.21. The number of carbonyl (C=O) groups is 2. The number of ether oxygens (including phenoxy) is 1. The Morgan fingerprint density at radius 3 is 2.70 bits per heavy atom. The largest absolute Gasteiger partial charge is 0.490 e. The quantitative estimate of drug-likeness (QED) is 0.904. The molecule has 0 spiro atoms. The van der Waals surface area contributed by atoms with Gasteiger partial charge in [0.05, 0.1) is 18.1 Å². The number of halogens is 1. The van der Waals surface area contributed by atoms with Gasteiger partial charge in [0.25, 0.3) is 5.91 Å². The Morgan fingerprint density at radius 2 is 2.09 bits per heavy atom. The zero-order valence-electron chi connectivity index (χ0n) is 13.0. The highest BCUT2D eigenvalue weighted by molar-refractivity contribution is 5.97. The molecular weight excluding hydrogens is 301 g/mol. The van der Waals surface area contributed by atoms with Crippen LogP contribution in [0.4, 0.5) is 4.39 Å². The van der Waals surface area contributed by atoms with Crippen molar-refractivity contribution in [2.24, 2.45) is 17.8 Å². The van der Waals surface area contributed by atoms with Crippen molar-refractivity contribution >= 4 is 11.9 Å². The summed E-state index contributed by atoms with van der Waals surface area (Å²) in [5.74, 6) is -1.99. The van der Waals surface area contributed by atoms with Crippen LogP contribution in [0.3, 0.4) is 0 Å². The van der Waals surface area contributed by atoms with Crippen LogP contribution in [0.5, 0.6) is 5.75 Å². The number of rotatable bonds is 5. The van der Waals surface area contributed by atoms with Gasteiger partial charge in [-0.15, -0.1) is 0 Å². The maximum absolute atomic E-state index is 13.9. The summed E-state index contributed by atoms with van der Waals surface area (Å²) in [4.78, 5) is 25.7. The number of likely N-dealkylation sites (tertiary alicyclic amines) is 1. The van der Waals surface area contributed by atoms with E-state index in [1.165, 1.54) is 23.1 Å². The average molecular weight is 321 g/mol. The molecule has 0 unspecified atom stereocenters. The van der Waals surface area contributed by atoms with E-state index in [1.807, 2.05) is 0 Å². The zero-order valence-corrected chi connectivity index (χ0v) is 13.0. The minimum absolute atomic E-state index is 0.000512. The van der Waals surface area contributed by atoms with Crippen LogP contribution in [-0.2, 0) is 4.79 Å². The molecule has 1 aliphatic heterocycles. The first-order chi connectivity index (χ1) is 11.0. The Bertz CT molecular complexity index is 629. The highest BCUT2D eigenvalue weighted by atomic mass is 19.1. The van der Waals surface area contributed by atoms with Crippen molar-refractivity contribution in [2.45, 2.75) is 19.8 Å². The first-order valence-corrected chi connectivity index (χ1v) is 7.96. The van der Waals surface area contributed by atoms with Crippen molar-refractivity contribution in [1.29, 1.82) is 0 Å². The lowest BCUT2D eigenvalue weighted by molar-refractivity contribution is -0.142. The van der Waals surface area contributed by atoms with Crippen LogP contribution in [0.15, 0.2) is 18.2 Å². The fourth-order valence-electron chi connectivity index (χ4n) is 3.40. The number of amides is 1. The summed E-state index contributed by atoms with van der Waals surface area (Å²) in [6, 6.07) is 4.24. The summed E-state index contributed by atoms with van der Waals surface area (Å²) in [5, 5.41) is 9.39. The molecule has 2 aliphatic rings. The van der Waals surface area contributed by atoms with Gasteiger partial charge in [-0.2, -0.15) is 0 Å². The molecule has 1 amide bonds. The molecule has 1 N–H and O–H groups in total. The summed E-state index contributed by atoms with van der Waals surface area (Å²) >= 11 is 0. The van der Waals surface area contributed by atoms with E-state index in [4.69, 9.17) is 4.74 Å². The number of para-hydroxylation sites is 1. The fourth-order valence-corrected chi connectivity index (χ4v) is 3.40. The number of hydrogen-bond donors (Lipinski definition) is 1. The zero-order chi connectivity index (χ0) is 16.6. The van der Waals surface area contributed by atoms with E-state index < -0.39 is 17.7 Å². The molecule has 0 bridgehead atoms. The van der Waals surface area contributed by atoms with E-state index in [-0.39, 0.29) is 36.3 Å². The lowest BCUT2D eigenvalue weighted by atomic mass is 9.92. The van der Waals surface area contributed by atoms with Crippen molar-refractivity contribution in [3.8, 4) is 5.75 Å². The molecule has 1 saturated carbocycles. The lowest BCUT2D eigenvalue weighted by Gasteiger charge is -2.18. The van der Waals surface area contributed by atoms with Gasteiger partial charge >= 0.3 is 5.97 Å². The van der Waals surface area contributed by atoms with Crippen LogP contribution in [0.2, 0.25) is 0 Å². The summed E-state index contributed by atoms with van der Waals surface area (Å²) in [7, 11) is 0. The van der Waals surface area contributed by atoms with E-state index in [0.717, 1.165) is 12.8 Å². The van der Waals surface area contributed by atoms with Crippen molar-refractivity contribution < 1.29 is 23.8 Å². The van der Waals surface area contributed by atoms with E-state index >= 15 is 0 Å². The topological polar surface area (TPSA) is 66.8 Å². The van der Waals surface area contributed by atoms with Crippen molar-refractivity contribution in [3.63, 3.8) is 0 Å². The standard InChI is InChI=1S/C17H20FNO4/c1-2-23-15-11(4-3-5-14(15)18)16(20)19-8-12(10-6-7-10)13(9-19)17(21)22/h3-5,10,12-13H,2,6-9H2,1H3,(H,21,22)/t12-,13+/m1/s1. The van der Waals surface area contributed by atoms with E-state index in [0.29, 0.717) is 12.5 Å². The second kappa shape index (κ2) is 6.18. The molecule has 23 heavy (non-hydrogen) atoms. The number of carboxylic acids is 1. The minimum atomic E-state index is -0.860. The van der Waals surface area contributed by atoms with Gasteiger partial charge in [0.2, 0.25) is 0 Å². The Kier molecular flexibility index (Phi) is 4.24. The predicted molar refractivity (Wildman–Crippen MR) is 80.8 cm³/mol. The van der Waals surface area contributed by atoms with Gasteiger partial charge in [0.15, 0.2) is 11.6 Å². The molecule has 1 heterocycles. The van der Waals surface area contributed by atoms with Gasteiger partial charge in [0.1, 0.15) is 0 Å². The summed E-state index contributed by atoms with van der Waals surface area (Å²) in [6.07, 6.45) is 2.06. The van der Waals surface area contributed by atoms with E-state index in [9.17, 15) is 19.1 Å². The van der Waals surface area contributed by atoms with E-state index in [1.54, 1.807) is 6.92 Å². The molecule has 3 rings (SSSR count). The van der Waals surface area contributed by atoms with Crippen LogP contribution in [0, 0.1) is 23.6 Å². The Hall–Kier alpha value is -2.11. The molecule has 1 aliphatic carbocycles. The monoisotopic (exact) mass is 321 g/mol. The number of carbonyl (C=O) groups excluding carboxylic acids is 1. The maximum Gasteiger partial charge on any atom is 0.308 e. The van der Waals surface area contributed by atoms with Crippen LogP contribution >= 0.6 is 0 Å². The smallest absolute Gasteiger partial charge is 0.308 e. The van der Waals surface area contributed by atoms with Crippen LogP contribution in [0.25, 0.3) is 0 Å². The van der Waals surface area contributed by atoms with E-state index in [2.05, 4.69) is 0 Å². The number of benzene rings is 1. The van der Waals surface area contributed by atoms with Gasteiger partial charge in [-0.25, -0.2) is 4.39 Å². The van der Waals surface area contributed by atoms with Crippen LogP contribution in [-0.4, -0.2) is 41.6 Å². The van der Waals surface area contributed by atoms with Gasteiger partial charge in [0, 0.05) is 13.1 Å². The van der Waals surface area contributed by atoms with Crippen LogP contribution in [0.1, 0.15) is 30.1 Å². The third-order valence-corrected chi connectivity index (χ3v) is 4.68. The Labute approximate surface area is 134 Å². The summed E-state index contributed by atoms with van der Waals surface area (Å²) in [6.45, 7) is 2.57. The predicted octanol–water partition coefficient (Wildman–Crippen LogP) is 2.41. The molecular formula is C17H20FNO4. The van der Waals surface area contributed by atoms with Gasteiger partial charge in [-0.05, 0) is 43.7 Å². The van der Waals surface area contributed by atoms with Crippen molar-refractivity contribution in [2.75, 3.05) is 19.7 Å². The first kappa shape index (κ1) is 15.8. The maximum atomic E-state index is 13.9. The second-order valence-corrected chi connectivity index (χ2v) is 6.21. The van der Waals surface area contributed by atoms with Crippen LogP contribution < -0.4 is 4.74 Å². The number of nitrogens with zero attached hydrogens (tertiary/aromatic N) is 1. The lowest BCUT2D eigenvalue weighted by Crippen LogP contribution is -2.30. The molecule has 2 fully saturated rings.